The number of nitrogens with zero attached hydrogens (tertiary/aromatic N) is 2. The third-order valence-electron chi connectivity index (χ3n) is 2.74. The van der Waals surface area contributed by atoms with Gasteiger partial charge in [0, 0.05) is 26.7 Å². The molecule has 24 heavy (non-hydrogen) atoms. The summed E-state index contributed by atoms with van der Waals surface area (Å²) in [5.41, 5.74) is 0.0423. The zero-order chi connectivity index (χ0) is 18.5. The van der Waals surface area contributed by atoms with Gasteiger partial charge in [-0.3, -0.25) is 19.7 Å². The summed E-state index contributed by atoms with van der Waals surface area (Å²) in [6, 6.07) is 3.98. The molecule has 0 unspecified atom stereocenters. The average Bonchev–Trinajstić information content (AvgIpc) is 2.47. The van der Waals surface area contributed by atoms with E-state index in [0.717, 1.165) is 0 Å². The minimum atomic E-state index is -4.97. The zero-order valence-corrected chi connectivity index (χ0v) is 13.5. The highest BCUT2D eigenvalue weighted by Gasteiger charge is 2.38. The molecule has 1 rings (SSSR count). The van der Waals surface area contributed by atoms with Crippen molar-refractivity contribution in [1.29, 1.82) is 0 Å². The first kappa shape index (κ1) is 19.7. The van der Waals surface area contributed by atoms with Gasteiger partial charge in [-0.05, 0) is 29.8 Å². The number of thioether (sulfide) groups is 1. The number of nitrogens with one attached hydrogen (secondary N) is 1. The molecule has 0 atom stereocenters. The predicted octanol–water partition coefficient (Wildman–Crippen LogP) is 2.59. The maximum Gasteiger partial charge on any atom is 0.471 e. The van der Waals surface area contributed by atoms with Crippen molar-refractivity contribution in [3.05, 3.63) is 33.9 Å². The molecule has 1 aromatic carbocycles. The average molecular weight is 365 g/mol. The summed E-state index contributed by atoms with van der Waals surface area (Å²) in [7, 11) is 3.00. The van der Waals surface area contributed by atoms with Gasteiger partial charge in [-0.15, -0.1) is 0 Å². The molecule has 0 saturated carbocycles. The molecule has 0 aliphatic heterocycles. The van der Waals surface area contributed by atoms with Crippen LogP contribution in [-0.2, 0) is 11.2 Å². The second-order valence-electron chi connectivity index (χ2n) is 4.83. The quantitative estimate of drug-likeness (QED) is 0.492. The van der Waals surface area contributed by atoms with Crippen molar-refractivity contribution in [1.82, 2.24) is 10.2 Å². The monoisotopic (exact) mass is 365 g/mol. The van der Waals surface area contributed by atoms with Gasteiger partial charge in [0.05, 0.1) is 9.82 Å². The molecule has 0 fully saturated rings. The minimum Gasteiger partial charge on any atom is -0.348 e. The second kappa shape index (κ2) is 7.99. The van der Waals surface area contributed by atoms with E-state index < -0.39 is 22.2 Å². The molecule has 132 valence electrons. The van der Waals surface area contributed by atoms with Gasteiger partial charge in [-0.2, -0.15) is 13.2 Å². The van der Waals surface area contributed by atoms with Crippen LogP contribution in [-0.4, -0.2) is 47.8 Å². The van der Waals surface area contributed by atoms with E-state index >= 15 is 0 Å². The van der Waals surface area contributed by atoms with E-state index in [-0.39, 0.29) is 23.5 Å². The maximum absolute atomic E-state index is 12.0. The SMILES string of the molecule is CN(C)C(=O)Sc1ccc(CCNC(=O)C(F)(F)F)cc1[N+](=O)[O-]. The third kappa shape index (κ3) is 5.72. The Balaban J connectivity index is 2.81. The molecule has 0 radical (unpaired) electrons. The number of benzene rings is 1. The normalized spacial score (nSPS) is 11.0. The fourth-order valence-electron chi connectivity index (χ4n) is 1.55. The summed E-state index contributed by atoms with van der Waals surface area (Å²) in [4.78, 5) is 34.1. The lowest BCUT2D eigenvalue weighted by atomic mass is 10.1. The Labute approximate surface area is 139 Å². The molecule has 0 aliphatic carbocycles. The van der Waals surface area contributed by atoms with E-state index in [1.54, 1.807) is 5.32 Å². The largest absolute Gasteiger partial charge is 0.471 e. The van der Waals surface area contributed by atoms with Crippen molar-refractivity contribution in [3.8, 4) is 0 Å². The molecule has 2 amide bonds. The van der Waals surface area contributed by atoms with Crippen LogP contribution in [0.15, 0.2) is 23.1 Å². The smallest absolute Gasteiger partial charge is 0.348 e. The van der Waals surface area contributed by atoms with E-state index in [0.29, 0.717) is 17.3 Å². The number of alkyl halides is 3. The number of hydrogen-bond donors (Lipinski definition) is 1. The van der Waals surface area contributed by atoms with Crippen molar-refractivity contribution < 1.29 is 27.7 Å². The van der Waals surface area contributed by atoms with Crippen LogP contribution in [0.1, 0.15) is 5.56 Å². The molecule has 0 aromatic heterocycles. The Hall–Kier alpha value is -2.30. The highest BCUT2D eigenvalue weighted by molar-refractivity contribution is 8.13. The van der Waals surface area contributed by atoms with Gasteiger partial charge in [0.15, 0.2) is 0 Å². The number of halogens is 3. The standard InChI is InChI=1S/C13H14F3N3O4S/c1-18(2)12(21)24-10-4-3-8(7-9(10)19(22)23)5-6-17-11(20)13(14,15)16/h3-4,7H,5-6H2,1-2H3,(H,17,20). The van der Waals surface area contributed by atoms with Crippen LogP contribution in [0.25, 0.3) is 0 Å². The molecule has 1 N–H and O–H groups in total. The Morgan fingerprint density at radius 3 is 2.46 bits per heavy atom. The van der Waals surface area contributed by atoms with Crippen molar-refractivity contribution in [2.24, 2.45) is 0 Å². The number of amides is 2. The lowest BCUT2D eigenvalue weighted by molar-refractivity contribution is -0.387. The Bertz CT molecular complexity index is 650. The highest BCUT2D eigenvalue weighted by atomic mass is 32.2. The summed E-state index contributed by atoms with van der Waals surface area (Å²) in [6.07, 6.45) is -4.99. The lowest BCUT2D eigenvalue weighted by Crippen LogP contribution is -2.37. The van der Waals surface area contributed by atoms with Crippen LogP contribution >= 0.6 is 11.8 Å². The molecular formula is C13H14F3N3O4S. The predicted molar refractivity (Wildman–Crippen MR) is 80.8 cm³/mol. The molecule has 0 aliphatic rings. The van der Waals surface area contributed by atoms with E-state index in [1.807, 2.05) is 0 Å². The molecule has 0 spiro atoms. The fraction of sp³-hybridized carbons (Fsp3) is 0.385. The van der Waals surface area contributed by atoms with Crippen molar-refractivity contribution >= 4 is 28.6 Å². The van der Waals surface area contributed by atoms with Gasteiger partial charge in [-0.1, -0.05) is 6.07 Å². The molecule has 7 nitrogen and oxygen atoms in total. The summed E-state index contributed by atoms with van der Waals surface area (Å²) < 4.78 is 36.1. The van der Waals surface area contributed by atoms with Crippen LogP contribution in [0.3, 0.4) is 0 Å². The van der Waals surface area contributed by atoms with Gasteiger partial charge in [0.25, 0.3) is 10.9 Å². The Morgan fingerprint density at radius 2 is 1.96 bits per heavy atom. The van der Waals surface area contributed by atoms with E-state index in [4.69, 9.17) is 0 Å². The highest BCUT2D eigenvalue weighted by Crippen LogP contribution is 2.31. The van der Waals surface area contributed by atoms with Crippen LogP contribution in [0, 0.1) is 10.1 Å². The lowest BCUT2D eigenvalue weighted by Gasteiger charge is -2.10. The molecule has 11 heteroatoms. The van der Waals surface area contributed by atoms with Gasteiger partial charge in [0.1, 0.15) is 0 Å². The van der Waals surface area contributed by atoms with E-state index in [9.17, 15) is 32.9 Å². The third-order valence-corrected chi connectivity index (χ3v) is 3.84. The van der Waals surface area contributed by atoms with Crippen molar-refractivity contribution in [2.75, 3.05) is 20.6 Å². The first-order chi connectivity index (χ1) is 11.0. The summed E-state index contributed by atoms with van der Waals surface area (Å²) in [6.45, 7) is -0.321. The first-order valence-electron chi connectivity index (χ1n) is 6.54. The topological polar surface area (TPSA) is 92.6 Å². The van der Waals surface area contributed by atoms with E-state index in [2.05, 4.69) is 0 Å². The number of nitro benzene ring substituents is 1. The van der Waals surface area contributed by atoms with Crippen molar-refractivity contribution in [2.45, 2.75) is 17.5 Å². The Morgan fingerprint density at radius 1 is 1.33 bits per heavy atom. The van der Waals surface area contributed by atoms with Gasteiger partial charge in [-0.25, -0.2) is 0 Å². The fourth-order valence-corrected chi connectivity index (χ4v) is 2.30. The van der Waals surface area contributed by atoms with Crippen LogP contribution in [0.4, 0.5) is 23.7 Å². The number of rotatable bonds is 5. The minimum absolute atomic E-state index is 0.0186. The number of hydrogen-bond acceptors (Lipinski definition) is 5. The van der Waals surface area contributed by atoms with Crippen LogP contribution in [0.5, 0.6) is 0 Å². The summed E-state index contributed by atoms with van der Waals surface area (Å²) >= 11 is 0.674. The van der Waals surface area contributed by atoms with Gasteiger partial charge in [0.2, 0.25) is 0 Å². The molecule has 0 saturated heterocycles. The van der Waals surface area contributed by atoms with Crippen molar-refractivity contribution in [3.63, 3.8) is 0 Å². The Kier molecular flexibility index (Phi) is 6.58. The number of carbonyl (C=O) groups excluding carboxylic acids is 2. The van der Waals surface area contributed by atoms with Crippen LogP contribution in [0.2, 0.25) is 0 Å². The van der Waals surface area contributed by atoms with E-state index in [1.165, 1.54) is 37.2 Å². The second-order valence-corrected chi connectivity index (χ2v) is 5.82. The van der Waals surface area contributed by atoms with Crippen LogP contribution < -0.4 is 5.32 Å². The summed E-state index contributed by atoms with van der Waals surface area (Å²) in [5.74, 6) is -2.07. The molecule has 0 bridgehead atoms. The number of carbonyl (C=O) groups is 2. The zero-order valence-electron chi connectivity index (χ0n) is 12.7. The maximum atomic E-state index is 12.0. The first-order valence-corrected chi connectivity index (χ1v) is 7.35. The molecule has 0 heterocycles. The molecule has 1 aromatic rings. The number of nitro groups is 1. The van der Waals surface area contributed by atoms with Gasteiger partial charge < -0.3 is 10.2 Å². The summed E-state index contributed by atoms with van der Waals surface area (Å²) in [5, 5.41) is 12.4. The van der Waals surface area contributed by atoms with Gasteiger partial charge >= 0.3 is 12.1 Å². The molecular weight excluding hydrogens is 351 g/mol.